The second-order valence-electron chi connectivity index (χ2n) is 21.7. The number of alkyl halides is 3. The maximum atomic E-state index is 16.3. The van der Waals surface area contributed by atoms with Crippen LogP contribution in [-0.4, -0.2) is 147 Å². The molecule has 8 rings (SSSR count). The van der Waals surface area contributed by atoms with Crippen molar-refractivity contribution >= 4 is 57.9 Å². The van der Waals surface area contributed by atoms with E-state index in [1.54, 1.807) is 54.7 Å². The summed E-state index contributed by atoms with van der Waals surface area (Å²) in [6.07, 6.45) is -3.35. The maximum Gasteiger partial charge on any atom is 0.417 e. The summed E-state index contributed by atoms with van der Waals surface area (Å²) in [5.74, 6) is -2.69. The van der Waals surface area contributed by atoms with Gasteiger partial charge < -0.3 is 40.3 Å². The minimum Gasteiger partial charge on any atom is -0.391 e. The number of aryl methyl sites for hydroxylation is 2. The lowest BCUT2D eigenvalue weighted by atomic mass is 9.85. The lowest BCUT2D eigenvalue weighted by Crippen LogP contribution is -2.57. The Bertz CT molecular complexity index is 3070. The highest BCUT2D eigenvalue weighted by Gasteiger charge is 2.44. The number of likely N-dealkylation sites (tertiary alicyclic amines) is 1. The zero-order valence-corrected chi connectivity index (χ0v) is 45.6. The molecule has 0 spiro atoms. The van der Waals surface area contributed by atoms with E-state index in [-0.39, 0.29) is 72.9 Å². The van der Waals surface area contributed by atoms with E-state index in [0.29, 0.717) is 69.3 Å². The smallest absolute Gasteiger partial charge is 0.391 e. The van der Waals surface area contributed by atoms with Gasteiger partial charge in [0.05, 0.1) is 50.7 Å². The molecule has 0 radical (unpaired) electrons. The molecule has 3 saturated heterocycles. The number of aromatic nitrogens is 3. The number of aliphatic hydroxyl groups is 1. The molecule has 3 aliphatic rings. The molecule has 4 amide bonds. The zero-order valence-electron chi connectivity index (χ0n) is 44.7. The number of amides is 4. The van der Waals surface area contributed by atoms with Crippen LogP contribution in [0, 0.1) is 18.2 Å². The molecule has 0 aliphatic carbocycles. The number of aromatic amines is 1. The first-order chi connectivity index (χ1) is 36.9. The number of carbonyl (C=O) groups is 5. The third-order valence-electron chi connectivity index (χ3n) is 15.1. The number of likely N-dealkylation sites (N-methyl/N-ethyl adjacent to an activating group) is 1. The molecule has 2 aromatic carbocycles. The highest BCUT2D eigenvalue weighted by molar-refractivity contribution is 7.13. The molecule has 3 aliphatic heterocycles. The molecule has 5 aromatic rings. The first-order valence-corrected chi connectivity index (χ1v) is 26.9. The molecule has 78 heavy (non-hydrogen) atoms. The molecule has 3 fully saturated rings. The summed E-state index contributed by atoms with van der Waals surface area (Å²) in [6, 6.07) is 12.3. The maximum absolute atomic E-state index is 16.3. The Kier molecular flexibility index (Phi) is 17.2. The second-order valence-corrected chi connectivity index (χ2v) is 22.5. The van der Waals surface area contributed by atoms with E-state index >= 15 is 4.39 Å². The van der Waals surface area contributed by atoms with Crippen LogP contribution in [0.25, 0.3) is 21.6 Å². The SMILES string of the molecule is Cc1ncsc1-c1ccc(CCC(=O)[C@@H]2C[C@@H](O)CN2C(=O)[C@@H](NC(=O)CCC(=O)N2CCN(c3ccc(-c4cc(NC(=O)c5c[nH]c(=O)cc5C(F)(F)F)c(N5C[C@@H](C)N(C)[C@@H](C)C5)cc4F)cn3)CC2)C(C)(C)C)cc1. The number of hydrogen-bond donors (Lipinski definition) is 4. The first kappa shape index (κ1) is 57.1. The summed E-state index contributed by atoms with van der Waals surface area (Å²) in [5.41, 5.74) is 1.39. The zero-order chi connectivity index (χ0) is 56.4. The van der Waals surface area contributed by atoms with Crippen LogP contribution >= 0.6 is 11.3 Å². The normalized spacial score (nSPS) is 19.7. The van der Waals surface area contributed by atoms with E-state index in [4.69, 9.17) is 0 Å². The van der Waals surface area contributed by atoms with Crippen LogP contribution < -0.4 is 26.0 Å². The molecular weight excluding hydrogens is 1030 g/mol. The molecule has 0 unspecified atom stereocenters. The Morgan fingerprint density at radius 2 is 1.55 bits per heavy atom. The predicted octanol–water partition coefficient (Wildman–Crippen LogP) is 6.93. The fraction of sp³-hybridized carbons (Fsp3) is 0.464. The third-order valence-corrected chi connectivity index (χ3v) is 16.0. The van der Waals surface area contributed by atoms with E-state index < -0.39 is 70.0 Å². The van der Waals surface area contributed by atoms with Crippen molar-refractivity contribution in [1.29, 1.82) is 0 Å². The molecule has 4 N–H and O–H groups in total. The molecule has 3 aromatic heterocycles. The Morgan fingerprint density at radius 1 is 0.872 bits per heavy atom. The largest absolute Gasteiger partial charge is 0.417 e. The molecule has 416 valence electrons. The average Bonchev–Trinajstić information content (AvgIpc) is 4.04. The van der Waals surface area contributed by atoms with Crippen molar-refractivity contribution in [2.75, 3.05) is 68.0 Å². The summed E-state index contributed by atoms with van der Waals surface area (Å²) < 4.78 is 58.3. The van der Waals surface area contributed by atoms with Gasteiger partial charge in [-0.2, -0.15) is 13.2 Å². The average molecular weight is 1100 g/mol. The predicted molar refractivity (Wildman–Crippen MR) is 290 cm³/mol. The first-order valence-electron chi connectivity index (χ1n) is 26.1. The van der Waals surface area contributed by atoms with Crippen molar-refractivity contribution in [2.24, 2.45) is 5.41 Å². The van der Waals surface area contributed by atoms with Gasteiger partial charge in [-0.15, -0.1) is 11.3 Å². The number of nitrogens with zero attached hydrogens (tertiary/aromatic N) is 7. The number of carbonyl (C=O) groups excluding carboxylic acids is 5. The number of halogens is 4. The number of pyridine rings is 2. The quantitative estimate of drug-likeness (QED) is 0.0789. The summed E-state index contributed by atoms with van der Waals surface area (Å²) in [6.45, 7) is 13.5. The van der Waals surface area contributed by atoms with Crippen LogP contribution in [0.1, 0.15) is 87.5 Å². The van der Waals surface area contributed by atoms with Gasteiger partial charge in [0.25, 0.3) is 5.91 Å². The second kappa shape index (κ2) is 23.5. The van der Waals surface area contributed by atoms with Crippen LogP contribution in [0.2, 0.25) is 0 Å². The lowest BCUT2D eigenvalue weighted by Gasteiger charge is -2.44. The van der Waals surface area contributed by atoms with Crippen LogP contribution in [0.4, 0.5) is 34.8 Å². The van der Waals surface area contributed by atoms with Crippen LogP contribution in [0.5, 0.6) is 0 Å². The number of H-pyrrole nitrogens is 1. The minimum absolute atomic E-state index is 0.0168. The molecule has 22 heteroatoms. The standard InChI is InChI=1S/C56H66F4N10O7S/c1-32-28-69(29-33(2)66(32)7)44-25-42(57)39(23-43(44)64-53(76)40-27-62-49(74)24-41(40)56(58,59)60)37-13-15-47(61-26-37)67-18-20-68(21-19-67)50(75)17-16-48(73)65-52(55(4,5)6)54(77)70-30-38(71)22-45(70)46(72)14-10-35-8-11-36(12-9-35)51-34(3)63-31-78-51/h8-9,11-13,15,23-27,31-33,38,45,52,71H,10,14,16-22,28-30H2,1-7H3,(H,62,74)(H,64,76)(H,65,73)/t32-,33+,38-,45+,52-/m1/s1. The van der Waals surface area contributed by atoms with Crippen LogP contribution in [0.15, 0.2) is 77.3 Å². The van der Waals surface area contributed by atoms with E-state index in [9.17, 15) is 47.0 Å². The number of benzene rings is 2. The van der Waals surface area contributed by atoms with Crippen LogP contribution in [0.3, 0.4) is 0 Å². The van der Waals surface area contributed by atoms with Gasteiger partial charge in [0.1, 0.15) is 17.7 Å². The summed E-state index contributed by atoms with van der Waals surface area (Å²) >= 11 is 1.56. The number of rotatable bonds is 15. The number of hydrogen-bond acceptors (Lipinski definition) is 13. The van der Waals surface area contributed by atoms with Crippen molar-refractivity contribution in [3.63, 3.8) is 0 Å². The van der Waals surface area contributed by atoms with Crippen molar-refractivity contribution in [2.45, 2.75) is 110 Å². The number of aliphatic hydroxyl groups excluding tert-OH is 1. The van der Waals surface area contributed by atoms with Gasteiger partial charge in [-0.1, -0.05) is 45.0 Å². The minimum atomic E-state index is -5.01. The number of ketones is 1. The van der Waals surface area contributed by atoms with E-state index in [1.165, 1.54) is 23.2 Å². The van der Waals surface area contributed by atoms with Gasteiger partial charge in [-0.3, -0.25) is 33.7 Å². The summed E-state index contributed by atoms with van der Waals surface area (Å²) in [5, 5.41) is 16.1. The summed E-state index contributed by atoms with van der Waals surface area (Å²) in [7, 11) is 1.96. The third kappa shape index (κ3) is 13.1. The van der Waals surface area contributed by atoms with Crippen LogP contribution in [-0.2, 0) is 31.8 Å². The molecule has 17 nitrogen and oxygen atoms in total. The monoisotopic (exact) mass is 1100 g/mol. The van der Waals surface area contributed by atoms with Crippen molar-refractivity contribution in [1.82, 2.24) is 35.0 Å². The van der Waals surface area contributed by atoms with Crippen molar-refractivity contribution < 1.29 is 46.6 Å². The number of thiazole rings is 1. The molecular formula is C56H66F4N10O7S. The Labute approximate surface area is 454 Å². The lowest BCUT2D eigenvalue weighted by molar-refractivity contribution is -0.143. The van der Waals surface area contributed by atoms with E-state index in [1.807, 2.05) is 61.9 Å². The molecule has 6 heterocycles. The Hall–Kier alpha value is -7.04. The van der Waals surface area contributed by atoms with E-state index in [2.05, 4.69) is 30.5 Å². The Morgan fingerprint density at radius 3 is 2.17 bits per heavy atom. The number of nitrogens with one attached hydrogen (secondary N) is 3. The highest BCUT2D eigenvalue weighted by atomic mass is 32.1. The number of anilines is 3. The molecule has 0 bridgehead atoms. The van der Waals surface area contributed by atoms with Crippen molar-refractivity contribution in [3.05, 3.63) is 111 Å². The van der Waals surface area contributed by atoms with E-state index in [0.717, 1.165) is 21.7 Å². The van der Waals surface area contributed by atoms with Gasteiger partial charge in [-0.25, -0.2) is 14.4 Å². The number of piperazine rings is 2. The fourth-order valence-corrected chi connectivity index (χ4v) is 11.2. The highest BCUT2D eigenvalue weighted by Crippen LogP contribution is 2.38. The Balaban J connectivity index is 0.863. The number of Topliss-reactive ketones (excluding diaryl/α,β-unsaturated/α-hetero) is 1. The van der Waals surface area contributed by atoms with Gasteiger partial charge in [-0.05, 0) is 75.0 Å². The topological polar surface area (TPSA) is 204 Å². The molecule has 5 atom stereocenters. The number of β-amino-alcohol motifs (C(OH)–C–C–N with tert-alkyl or cyclic N) is 1. The fourth-order valence-electron chi connectivity index (χ4n) is 10.4. The van der Waals surface area contributed by atoms with Gasteiger partial charge in [0.15, 0.2) is 5.78 Å². The van der Waals surface area contributed by atoms with Gasteiger partial charge in [0.2, 0.25) is 23.3 Å². The van der Waals surface area contributed by atoms with Gasteiger partial charge in [0, 0.05) is 113 Å². The van der Waals surface area contributed by atoms with Gasteiger partial charge >= 0.3 is 6.18 Å². The molecule has 0 saturated carbocycles. The summed E-state index contributed by atoms with van der Waals surface area (Å²) in [4.78, 5) is 101. The van der Waals surface area contributed by atoms with Crippen molar-refractivity contribution in [3.8, 4) is 21.6 Å².